The van der Waals surface area contributed by atoms with Crippen molar-refractivity contribution >= 4 is 11.9 Å². The van der Waals surface area contributed by atoms with Gasteiger partial charge in [-0.2, -0.15) is 0 Å². The summed E-state index contributed by atoms with van der Waals surface area (Å²) in [4.78, 5) is 22.6. The molecule has 0 heterocycles. The summed E-state index contributed by atoms with van der Waals surface area (Å²) in [7, 11) is 0. The van der Waals surface area contributed by atoms with Gasteiger partial charge in [0, 0.05) is 19.4 Å². The van der Waals surface area contributed by atoms with Crippen LogP contribution in [0.15, 0.2) is 0 Å². The number of hydrogen-bond acceptors (Lipinski definition) is 9. The quantitative estimate of drug-likeness (QED) is 0.236. The number of aliphatic hydroxyl groups is 3. The van der Waals surface area contributed by atoms with Crippen molar-refractivity contribution in [2.24, 2.45) is 0 Å². The monoisotopic (exact) mass is 396 g/mol. The SMILES string of the molecule is CCCCO.O=C(CCCCC(=O)OCCOCCO)OCCOCCO. The fraction of sp³-hybridized carbons (Fsp3) is 0.889. The van der Waals surface area contributed by atoms with Gasteiger partial charge in [0.05, 0.1) is 39.6 Å². The number of aliphatic hydroxyl groups excluding tert-OH is 3. The molecular formula is C18H36O9. The minimum atomic E-state index is -0.335. The predicted molar refractivity (Wildman–Crippen MR) is 98.2 cm³/mol. The van der Waals surface area contributed by atoms with Crippen LogP contribution in [0.1, 0.15) is 45.4 Å². The maximum atomic E-state index is 11.3. The Morgan fingerprint density at radius 1 is 0.630 bits per heavy atom. The van der Waals surface area contributed by atoms with Crippen molar-refractivity contribution in [3.05, 3.63) is 0 Å². The molecule has 0 aliphatic heterocycles. The van der Waals surface area contributed by atoms with Crippen LogP contribution < -0.4 is 0 Å². The number of esters is 2. The van der Waals surface area contributed by atoms with E-state index in [1.54, 1.807) is 0 Å². The smallest absolute Gasteiger partial charge is 0.305 e. The van der Waals surface area contributed by atoms with Gasteiger partial charge in [0.15, 0.2) is 0 Å². The zero-order chi connectivity index (χ0) is 20.6. The molecule has 0 fully saturated rings. The first-order chi connectivity index (χ1) is 13.1. The second kappa shape index (κ2) is 24.7. The number of ether oxygens (including phenoxy) is 4. The highest BCUT2D eigenvalue weighted by Gasteiger charge is 2.06. The fourth-order valence-corrected chi connectivity index (χ4v) is 1.60. The zero-order valence-electron chi connectivity index (χ0n) is 16.4. The molecule has 0 aromatic rings. The van der Waals surface area contributed by atoms with E-state index in [9.17, 15) is 9.59 Å². The van der Waals surface area contributed by atoms with Crippen molar-refractivity contribution in [1.29, 1.82) is 0 Å². The molecule has 0 aliphatic rings. The molecule has 0 bridgehead atoms. The van der Waals surface area contributed by atoms with Gasteiger partial charge < -0.3 is 34.3 Å². The molecule has 0 saturated carbocycles. The first-order valence-electron chi connectivity index (χ1n) is 9.41. The third-order valence-electron chi connectivity index (χ3n) is 2.98. The lowest BCUT2D eigenvalue weighted by Gasteiger charge is -2.06. The lowest BCUT2D eigenvalue weighted by atomic mass is 10.2. The van der Waals surface area contributed by atoms with Crippen LogP contribution in [-0.4, -0.2) is 86.7 Å². The summed E-state index contributed by atoms with van der Waals surface area (Å²) in [5.41, 5.74) is 0. The highest BCUT2D eigenvalue weighted by atomic mass is 16.6. The molecule has 9 nitrogen and oxygen atoms in total. The van der Waals surface area contributed by atoms with E-state index in [4.69, 9.17) is 34.3 Å². The van der Waals surface area contributed by atoms with Gasteiger partial charge in [0.2, 0.25) is 0 Å². The van der Waals surface area contributed by atoms with Crippen molar-refractivity contribution in [3.63, 3.8) is 0 Å². The third kappa shape index (κ3) is 27.1. The third-order valence-corrected chi connectivity index (χ3v) is 2.98. The molecular weight excluding hydrogens is 360 g/mol. The Kier molecular flexibility index (Phi) is 25.6. The van der Waals surface area contributed by atoms with Gasteiger partial charge >= 0.3 is 11.9 Å². The van der Waals surface area contributed by atoms with Crippen LogP contribution in [-0.2, 0) is 28.5 Å². The van der Waals surface area contributed by atoms with Gasteiger partial charge in [-0.3, -0.25) is 9.59 Å². The molecule has 0 saturated heterocycles. The highest BCUT2D eigenvalue weighted by Crippen LogP contribution is 2.03. The second-order valence-electron chi connectivity index (χ2n) is 5.40. The van der Waals surface area contributed by atoms with E-state index >= 15 is 0 Å². The number of carbonyl (C=O) groups excluding carboxylic acids is 2. The maximum absolute atomic E-state index is 11.3. The summed E-state index contributed by atoms with van der Waals surface area (Å²) in [6, 6.07) is 0. The van der Waals surface area contributed by atoms with Crippen LogP contribution in [0, 0.1) is 0 Å². The average molecular weight is 396 g/mol. The van der Waals surface area contributed by atoms with E-state index in [1.807, 2.05) is 0 Å². The summed E-state index contributed by atoms with van der Waals surface area (Å²) >= 11 is 0. The van der Waals surface area contributed by atoms with Gasteiger partial charge in [0.1, 0.15) is 13.2 Å². The van der Waals surface area contributed by atoms with Crippen molar-refractivity contribution < 1.29 is 43.9 Å². The highest BCUT2D eigenvalue weighted by molar-refractivity contribution is 5.70. The van der Waals surface area contributed by atoms with Gasteiger partial charge in [-0.05, 0) is 19.3 Å². The topological polar surface area (TPSA) is 132 Å². The van der Waals surface area contributed by atoms with Gasteiger partial charge in [-0.1, -0.05) is 13.3 Å². The Bertz CT molecular complexity index is 294. The molecule has 0 unspecified atom stereocenters. The van der Waals surface area contributed by atoms with Crippen LogP contribution in [0.25, 0.3) is 0 Å². The molecule has 0 aliphatic carbocycles. The van der Waals surface area contributed by atoms with Crippen LogP contribution in [0.5, 0.6) is 0 Å². The Labute approximate surface area is 161 Å². The Balaban J connectivity index is 0. The molecule has 162 valence electrons. The normalized spacial score (nSPS) is 10.1. The van der Waals surface area contributed by atoms with E-state index in [0.717, 1.165) is 12.8 Å². The fourth-order valence-electron chi connectivity index (χ4n) is 1.60. The molecule has 0 aromatic carbocycles. The standard InChI is InChI=1S/C14H26O8.C4H10O/c15-5-7-19-9-11-21-13(17)3-1-2-4-14(18)22-12-10-20-8-6-16;1-2-3-4-5/h15-16H,1-12H2;5H,2-4H2,1H3. The van der Waals surface area contributed by atoms with Gasteiger partial charge in [0.25, 0.3) is 0 Å². The number of unbranched alkanes of at least 4 members (excludes halogenated alkanes) is 2. The molecule has 0 aromatic heterocycles. The van der Waals surface area contributed by atoms with Crippen molar-refractivity contribution in [3.8, 4) is 0 Å². The van der Waals surface area contributed by atoms with Crippen molar-refractivity contribution in [2.75, 3.05) is 59.5 Å². The maximum Gasteiger partial charge on any atom is 0.305 e. The van der Waals surface area contributed by atoms with E-state index in [-0.39, 0.29) is 77.6 Å². The Hall–Kier alpha value is -1.26. The van der Waals surface area contributed by atoms with Crippen LogP contribution in [0.2, 0.25) is 0 Å². The summed E-state index contributed by atoms with van der Waals surface area (Å²) < 4.78 is 19.7. The number of hydrogen-bond donors (Lipinski definition) is 3. The minimum absolute atomic E-state index is 0.0579. The van der Waals surface area contributed by atoms with Crippen LogP contribution >= 0.6 is 0 Å². The molecule has 0 radical (unpaired) electrons. The lowest BCUT2D eigenvalue weighted by molar-refractivity contribution is -0.147. The van der Waals surface area contributed by atoms with E-state index in [2.05, 4.69) is 6.92 Å². The van der Waals surface area contributed by atoms with E-state index < -0.39 is 0 Å². The Morgan fingerprint density at radius 3 is 1.37 bits per heavy atom. The first kappa shape index (κ1) is 28.0. The van der Waals surface area contributed by atoms with E-state index in [0.29, 0.717) is 19.4 Å². The molecule has 9 heteroatoms. The number of rotatable bonds is 17. The molecule has 0 spiro atoms. The summed E-state index contributed by atoms with van der Waals surface area (Å²) in [5.74, 6) is -0.670. The van der Waals surface area contributed by atoms with Crippen LogP contribution in [0.3, 0.4) is 0 Å². The second-order valence-corrected chi connectivity index (χ2v) is 5.40. The zero-order valence-corrected chi connectivity index (χ0v) is 16.4. The minimum Gasteiger partial charge on any atom is -0.463 e. The average Bonchev–Trinajstić information content (AvgIpc) is 2.66. The van der Waals surface area contributed by atoms with Crippen molar-refractivity contribution in [2.45, 2.75) is 45.4 Å². The largest absolute Gasteiger partial charge is 0.463 e. The van der Waals surface area contributed by atoms with Gasteiger partial charge in [-0.25, -0.2) is 0 Å². The summed E-state index contributed by atoms with van der Waals surface area (Å²) in [5, 5.41) is 25.0. The molecule has 3 N–H and O–H groups in total. The first-order valence-corrected chi connectivity index (χ1v) is 9.41. The predicted octanol–water partition coefficient (Wildman–Crippen LogP) is 0.430. The summed E-state index contributed by atoms with van der Waals surface area (Å²) in [6.45, 7) is 3.58. The lowest BCUT2D eigenvalue weighted by Crippen LogP contribution is -2.13. The van der Waals surface area contributed by atoms with E-state index in [1.165, 1.54) is 0 Å². The molecule has 27 heavy (non-hydrogen) atoms. The summed E-state index contributed by atoms with van der Waals surface area (Å²) in [6.07, 6.45) is 3.62. The molecule has 0 atom stereocenters. The van der Waals surface area contributed by atoms with Crippen molar-refractivity contribution in [1.82, 2.24) is 0 Å². The van der Waals surface area contributed by atoms with Gasteiger partial charge in [-0.15, -0.1) is 0 Å². The Morgan fingerprint density at radius 2 is 1.07 bits per heavy atom. The van der Waals surface area contributed by atoms with Crippen LogP contribution in [0.4, 0.5) is 0 Å². The molecule has 0 amide bonds. The number of carbonyl (C=O) groups is 2. The molecule has 0 rings (SSSR count).